The fraction of sp³-hybridized carbons (Fsp3) is 0.167. The monoisotopic (exact) mass is 494 g/mol. The molecule has 1 heterocycles. The van der Waals surface area contributed by atoms with Gasteiger partial charge in [0.05, 0.1) is 18.0 Å². The molecule has 0 spiro atoms. The third-order valence-electron chi connectivity index (χ3n) is 2.54. The van der Waals surface area contributed by atoms with Crippen LogP contribution in [-0.2, 0) is 6.18 Å². The summed E-state index contributed by atoms with van der Waals surface area (Å²) in [5.74, 6) is -1.27. The van der Waals surface area contributed by atoms with E-state index in [0.717, 1.165) is 25.3 Å². The third kappa shape index (κ3) is 3.45. The van der Waals surface area contributed by atoms with Crippen molar-refractivity contribution in [3.63, 3.8) is 0 Å². The summed E-state index contributed by atoms with van der Waals surface area (Å²) in [5.41, 5.74) is -0.142. The predicted molar refractivity (Wildman–Crippen MR) is 81.9 cm³/mol. The van der Waals surface area contributed by atoms with Gasteiger partial charge in [-0.2, -0.15) is 13.2 Å². The second-order valence-corrected chi connectivity index (χ2v) is 8.54. The molecule has 1 aromatic heterocycles. The first-order valence-electron chi connectivity index (χ1n) is 5.15. The van der Waals surface area contributed by atoms with Crippen LogP contribution in [0, 0.1) is 5.82 Å². The molecule has 108 valence electrons. The lowest BCUT2D eigenvalue weighted by molar-refractivity contribution is -0.140. The molecule has 0 bridgehead atoms. The van der Waals surface area contributed by atoms with Gasteiger partial charge in [-0.3, -0.25) is 0 Å². The van der Waals surface area contributed by atoms with Gasteiger partial charge in [0, 0.05) is 0 Å². The first-order valence-corrected chi connectivity index (χ1v) is 8.47. The maximum atomic E-state index is 13.3. The zero-order chi connectivity index (χ0) is 15.1. The highest BCUT2D eigenvalue weighted by Crippen LogP contribution is 2.43. The molecule has 0 saturated heterocycles. The summed E-state index contributed by atoms with van der Waals surface area (Å²) >= 11 is 11.4. The first kappa shape index (κ1) is 16.5. The predicted octanol–water partition coefficient (Wildman–Crippen LogP) is 6.92. The van der Waals surface area contributed by atoms with E-state index < -0.39 is 22.4 Å². The average molecular weight is 497 g/mol. The van der Waals surface area contributed by atoms with E-state index in [1.165, 1.54) is 17.4 Å². The number of benzene rings is 1. The van der Waals surface area contributed by atoms with Gasteiger partial charge in [0.1, 0.15) is 5.82 Å². The first-order chi connectivity index (χ1) is 9.20. The van der Waals surface area contributed by atoms with Crippen molar-refractivity contribution in [3.05, 3.63) is 54.3 Å². The number of halogens is 7. The van der Waals surface area contributed by atoms with Crippen LogP contribution in [0.25, 0.3) is 0 Å². The fourth-order valence-electron chi connectivity index (χ4n) is 1.62. The number of hydrogen-bond donors (Lipinski definition) is 0. The van der Waals surface area contributed by atoms with Crippen LogP contribution in [0.2, 0.25) is 0 Å². The highest BCUT2D eigenvalue weighted by atomic mass is 79.9. The normalized spacial score (nSPS) is 13.6. The van der Waals surface area contributed by atoms with Crippen molar-refractivity contribution in [2.75, 3.05) is 0 Å². The lowest BCUT2D eigenvalue weighted by atomic mass is 10.0. The standard InChI is InChI=1S/C12H5Br3F4S/c13-9-4-6(11(15)20-9)10(14)5-1-2-8(16)7(3-5)12(17,18)19/h1-4,10H. The van der Waals surface area contributed by atoms with Crippen molar-refractivity contribution >= 4 is 59.1 Å². The topological polar surface area (TPSA) is 0 Å². The van der Waals surface area contributed by atoms with Gasteiger partial charge >= 0.3 is 6.18 Å². The van der Waals surface area contributed by atoms with Crippen molar-refractivity contribution in [2.45, 2.75) is 11.0 Å². The minimum atomic E-state index is -4.71. The lowest BCUT2D eigenvalue weighted by Crippen LogP contribution is -2.09. The Morgan fingerprint density at radius 2 is 1.75 bits per heavy atom. The highest BCUT2D eigenvalue weighted by Gasteiger charge is 2.34. The maximum absolute atomic E-state index is 13.3. The zero-order valence-corrected chi connectivity index (χ0v) is 15.0. The van der Waals surface area contributed by atoms with Crippen LogP contribution in [0.1, 0.15) is 21.5 Å². The maximum Gasteiger partial charge on any atom is 0.419 e. The fourth-order valence-corrected chi connectivity index (χ4v) is 5.63. The number of hydrogen-bond acceptors (Lipinski definition) is 1. The Morgan fingerprint density at radius 3 is 2.25 bits per heavy atom. The molecule has 0 nitrogen and oxygen atoms in total. The summed E-state index contributed by atoms with van der Waals surface area (Å²) in [7, 11) is 0. The van der Waals surface area contributed by atoms with E-state index in [-0.39, 0.29) is 0 Å². The van der Waals surface area contributed by atoms with Crippen LogP contribution in [0.15, 0.2) is 31.8 Å². The van der Waals surface area contributed by atoms with Crippen LogP contribution in [-0.4, -0.2) is 0 Å². The van der Waals surface area contributed by atoms with E-state index in [4.69, 9.17) is 0 Å². The van der Waals surface area contributed by atoms with E-state index in [1.807, 2.05) is 0 Å². The Hall–Kier alpha value is 0.0800. The summed E-state index contributed by atoms with van der Waals surface area (Å²) in [6.45, 7) is 0. The van der Waals surface area contributed by atoms with Gasteiger partial charge < -0.3 is 0 Å². The van der Waals surface area contributed by atoms with Crippen molar-refractivity contribution in [3.8, 4) is 0 Å². The SMILES string of the molecule is Fc1ccc(C(Br)c2cc(Br)sc2Br)cc1C(F)(F)F. The zero-order valence-electron chi connectivity index (χ0n) is 9.44. The molecule has 1 atom stereocenters. The van der Waals surface area contributed by atoms with Gasteiger partial charge in [0.25, 0.3) is 0 Å². The molecule has 2 rings (SSSR count). The molecule has 0 aliphatic carbocycles. The molecule has 20 heavy (non-hydrogen) atoms. The Balaban J connectivity index is 2.46. The van der Waals surface area contributed by atoms with Crippen LogP contribution >= 0.6 is 59.1 Å². The molecule has 1 aromatic carbocycles. The molecule has 0 radical (unpaired) electrons. The van der Waals surface area contributed by atoms with E-state index in [9.17, 15) is 17.6 Å². The van der Waals surface area contributed by atoms with E-state index in [0.29, 0.717) is 5.56 Å². The van der Waals surface area contributed by atoms with Gasteiger partial charge in [-0.15, -0.1) is 11.3 Å². The summed E-state index contributed by atoms with van der Waals surface area (Å²) in [6, 6.07) is 4.79. The molecular weight excluding hydrogens is 492 g/mol. The Kier molecular flexibility index (Phi) is 4.98. The lowest BCUT2D eigenvalue weighted by Gasteiger charge is -2.13. The molecule has 0 saturated carbocycles. The van der Waals surface area contributed by atoms with Crippen LogP contribution in [0.4, 0.5) is 17.6 Å². The van der Waals surface area contributed by atoms with E-state index in [2.05, 4.69) is 47.8 Å². The largest absolute Gasteiger partial charge is 0.419 e. The smallest absolute Gasteiger partial charge is 0.206 e. The minimum Gasteiger partial charge on any atom is -0.206 e. The van der Waals surface area contributed by atoms with Gasteiger partial charge in [0.2, 0.25) is 0 Å². The highest BCUT2D eigenvalue weighted by molar-refractivity contribution is 9.12. The van der Waals surface area contributed by atoms with Crippen molar-refractivity contribution < 1.29 is 17.6 Å². The average Bonchev–Trinajstić information content (AvgIpc) is 2.66. The summed E-state index contributed by atoms with van der Waals surface area (Å²) in [5, 5.41) is 0. The van der Waals surface area contributed by atoms with Gasteiger partial charge in [-0.25, -0.2) is 4.39 Å². The molecule has 0 aliphatic rings. The Bertz CT molecular complexity index is 636. The van der Waals surface area contributed by atoms with Crippen LogP contribution in [0.3, 0.4) is 0 Å². The summed E-state index contributed by atoms with van der Waals surface area (Å²) in [4.78, 5) is -0.457. The molecule has 0 fully saturated rings. The van der Waals surface area contributed by atoms with Gasteiger partial charge in [-0.1, -0.05) is 22.0 Å². The Labute approximate surface area is 141 Å². The minimum absolute atomic E-state index is 0.338. The summed E-state index contributed by atoms with van der Waals surface area (Å²) < 4.78 is 53.0. The molecular formula is C12H5Br3F4S. The molecule has 8 heteroatoms. The molecule has 0 amide bonds. The van der Waals surface area contributed by atoms with Gasteiger partial charge in [0.15, 0.2) is 0 Å². The summed E-state index contributed by atoms with van der Waals surface area (Å²) in [6.07, 6.45) is -4.71. The molecule has 0 aliphatic heterocycles. The van der Waals surface area contributed by atoms with Crippen LogP contribution in [0.5, 0.6) is 0 Å². The van der Waals surface area contributed by atoms with Crippen molar-refractivity contribution in [1.82, 2.24) is 0 Å². The van der Waals surface area contributed by atoms with E-state index >= 15 is 0 Å². The molecule has 0 N–H and O–H groups in total. The van der Waals surface area contributed by atoms with Crippen molar-refractivity contribution in [1.29, 1.82) is 0 Å². The number of alkyl halides is 4. The third-order valence-corrected chi connectivity index (χ3v) is 5.95. The van der Waals surface area contributed by atoms with Crippen LogP contribution < -0.4 is 0 Å². The Morgan fingerprint density at radius 1 is 1.10 bits per heavy atom. The second kappa shape index (κ2) is 6.06. The molecule has 2 aromatic rings. The number of rotatable bonds is 2. The van der Waals surface area contributed by atoms with Crippen molar-refractivity contribution in [2.24, 2.45) is 0 Å². The quantitative estimate of drug-likeness (QED) is 0.313. The van der Waals surface area contributed by atoms with Gasteiger partial charge in [-0.05, 0) is 61.2 Å². The molecule has 1 unspecified atom stereocenters. The van der Waals surface area contributed by atoms with E-state index in [1.54, 1.807) is 6.07 Å². The second-order valence-electron chi connectivity index (χ2n) is 3.88. The number of thiophene rings is 1.